The molecule has 1 saturated carbocycles. The maximum atomic E-state index is 12.8. The van der Waals surface area contributed by atoms with Gasteiger partial charge in [0.05, 0.1) is 4.90 Å². The quantitative estimate of drug-likeness (QED) is 0.944. The highest BCUT2D eigenvalue weighted by Gasteiger charge is 2.30. The van der Waals surface area contributed by atoms with Gasteiger partial charge in [0.25, 0.3) is 0 Å². The molecule has 0 amide bonds. The van der Waals surface area contributed by atoms with Crippen LogP contribution in [0.15, 0.2) is 40.1 Å². The molecular formula is C16H20N2O2S. The summed E-state index contributed by atoms with van der Waals surface area (Å²) in [5.41, 5.74) is 7.90. The van der Waals surface area contributed by atoms with Gasteiger partial charge in [0.2, 0.25) is 9.84 Å². The van der Waals surface area contributed by atoms with Crippen molar-refractivity contribution in [1.29, 1.82) is 0 Å². The molecule has 1 aromatic carbocycles. The molecule has 1 aliphatic carbocycles. The first-order chi connectivity index (χ1) is 9.93. The lowest BCUT2D eigenvalue weighted by Gasteiger charge is -2.08. The van der Waals surface area contributed by atoms with E-state index in [2.05, 4.69) is 0 Å². The summed E-state index contributed by atoms with van der Waals surface area (Å²) in [5.74, 6) is 1.02. The van der Waals surface area contributed by atoms with Crippen LogP contribution in [-0.4, -0.2) is 13.0 Å². The molecular weight excluding hydrogens is 284 g/mol. The Morgan fingerprint density at radius 1 is 1.19 bits per heavy atom. The number of rotatable bonds is 4. The molecule has 0 radical (unpaired) electrons. The average Bonchev–Trinajstić information content (AvgIpc) is 3.25. The van der Waals surface area contributed by atoms with Crippen molar-refractivity contribution >= 4 is 15.7 Å². The lowest BCUT2D eigenvalue weighted by molar-refractivity contribution is 0.594. The number of nitrogens with zero attached hydrogens (tertiary/aromatic N) is 1. The van der Waals surface area contributed by atoms with Crippen molar-refractivity contribution in [3.05, 3.63) is 41.6 Å². The third-order valence-electron chi connectivity index (χ3n) is 4.27. The van der Waals surface area contributed by atoms with Gasteiger partial charge in [0, 0.05) is 12.2 Å². The van der Waals surface area contributed by atoms with Gasteiger partial charge in [-0.25, -0.2) is 8.42 Å². The first kappa shape index (κ1) is 14.2. The van der Waals surface area contributed by atoms with Crippen LogP contribution < -0.4 is 5.73 Å². The fourth-order valence-corrected chi connectivity index (χ4v) is 4.40. The monoisotopic (exact) mass is 304 g/mol. The number of anilines is 1. The minimum Gasteiger partial charge on any atom is -0.384 e. The van der Waals surface area contributed by atoms with E-state index in [9.17, 15) is 8.42 Å². The van der Waals surface area contributed by atoms with Gasteiger partial charge < -0.3 is 10.3 Å². The number of nitrogens with two attached hydrogens (primary N) is 1. The van der Waals surface area contributed by atoms with Crippen LogP contribution in [-0.2, 0) is 16.4 Å². The molecule has 2 N–H and O–H groups in total. The van der Waals surface area contributed by atoms with Gasteiger partial charge in [0.1, 0.15) is 10.7 Å². The van der Waals surface area contributed by atoms with Gasteiger partial charge in [0.15, 0.2) is 0 Å². The summed E-state index contributed by atoms with van der Waals surface area (Å²) in [7, 11) is -3.56. The maximum Gasteiger partial charge on any atom is 0.210 e. The zero-order valence-electron chi connectivity index (χ0n) is 12.3. The standard InChI is InChI=1S/C16H20N2O2S/c1-11-12(2)18(10-13-8-9-13)16(17)15(11)21(19,20)14-6-4-3-5-7-14/h3-7,13H,8-10,17H2,1-2H3. The van der Waals surface area contributed by atoms with E-state index in [0.29, 0.717) is 16.6 Å². The fourth-order valence-electron chi connectivity index (χ4n) is 2.71. The van der Waals surface area contributed by atoms with Crippen molar-refractivity contribution in [2.75, 3.05) is 5.73 Å². The normalized spacial score (nSPS) is 15.3. The lowest BCUT2D eigenvalue weighted by Crippen LogP contribution is -2.09. The molecule has 112 valence electrons. The Bertz CT molecular complexity index is 772. The molecule has 0 spiro atoms. The van der Waals surface area contributed by atoms with Gasteiger partial charge in [-0.05, 0) is 50.3 Å². The van der Waals surface area contributed by atoms with E-state index in [1.807, 2.05) is 18.4 Å². The second kappa shape index (κ2) is 4.91. The van der Waals surface area contributed by atoms with Crippen LogP contribution in [0.25, 0.3) is 0 Å². The van der Waals surface area contributed by atoms with Crippen LogP contribution in [0.3, 0.4) is 0 Å². The van der Waals surface area contributed by atoms with Crippen LogP contribution in [0.2, 0.25) is 0 Å². The molecule has 0 aliphatic heterocycles. The highest BCUT2D eigenvalue weighted by atomic mass is 32.2. The lowest BCUT2D eigenvalue weighted by atomic mass is 10.3. The topological polar surface area (TPSA) is 65.1 Å². The third-order valence-corrected chi connectivity index (χ3v) is 6.22. The van der Waals surface area contributed by atoms with Crippen molar-refractivity contribution in [1.82, 2.24) is 4.57 Å². The van der Waals surface area contributed by atoms with Gasteiger partial charge in [-0.1, -0.05) is 18.2 Å². The fraction of sp³-hybridized carbons (Fsp3) is 0.375. The Labute approximate surface area is 125 Å². The number of sulfone groups is 1. The molecule has 2 aromatic rings. The number of aromatic nitrogens is 1. The van der Waals surface area contributed by atoms with Crippen molar-refractivity contribution < 1.29 is 8.42 Å². The smallest absolute Gasteiger partial charge is 0.210 e. The Morgan fingerprint density at radius 3 is 2.38 bits per heavy atom. The van der Waals surface area contributed by atoms with Crippen molar-refractivity contribution in [2.24, 2.45) is 5.92 Å². The van der Waals surface area contributed by atoms with E-state index in [4.69, 9.17) is 5.73 Å². The number of hydrogen-bond acceptors (Lipinski definition) is 3. The molecule has 5 heteroatoms. The molecule has 3 rings (SSSR count). The van der Waals surface area contributed by atoms with Crippen LogP contribution >= 0.6 is 0 Å². The Kier molecular flexibility index (Phi) is 3.32. The molecule has 0 bridgehead atoms. The van der Waals surface area contributed by atoms with Gasteiger partial charge in [-0.3, -0.25) is 0 Å². The number of nitrogen functional groups attached to an aromatic ring is 1. The van der Waals surface area contributed by atoms with E-state index in [-0.39, 0.29) is 4.90 Å². The highest BCUT2D eigenvalue weighted by Crippen LogP contribution is 2.37. The van der Waals surface area contributed by atoms with E-state index in [0.717, 1.165) is 17.8 Å². The average molecular weight is 304 g/mol. The van der Waals surface area contributed by atoms with Crippen LogP contribution in [0, 0.1) is 19.8 Å². The largest absolute Gasteiger partial charge is 0.384 e. The molecule has 1 aromatic heterocycles. The maximum absolute atomic E-state index is 12.8. The van der Waals surface area contributed by atoms with E-state index < -0.39 is 9.84 Å². The summed E-state index contributed by atoms with van der Waals surface area (Å²) < 4.78 is 27.7. The molecule has 0 unspecified atom stereocenters. The molecule has 1 aliphatic rings. The van der Waals surface area contributed by atoms with E-state index in [1.54, 1.807) is 30.3 Å². The zero-order valence-corrected chi connectivity index (χ0v) is 13.2. The minimum absolute atomic E-state index is 0.270. The molecule has 0 atom stereocenters. The Morgan fingerprint density at radius 2 is 1.81 bits per heavy atom. The molecule has 0 saturated heterocycles. The second-order valence-electron chi connectivity index (χ2n) is 5.80. The first-order valence-corrected chi connectivity index (χ1v) is 8.66. The van der Waals surface area contributed by atoms with Gasteiger partial charge in [-0.15, -0.1) is 0 Å². The summed E-state index contributed by atoms with van der Waals surface area (Å²) in [6.07, 6.45) is 2.41. The van der Waals surface area contributed by atoms with E-state index in [1.165, 1.54) is 12.8 Å². The summed E-state index contributed by atoms with van der Waals surface area (Å²) >= 11 is 0. The molecule has 21 heavy (non-hydrogen) atoms. The van der Waals surface area contributed by atoms with Gasteiger partial charge >= 0.3 is 0 Å². The predicted molar refractivity (Wildman–Crippen MR) is 82.9 cm³/mol. The zero-order chi connectivity index (χ0) is 15.2. The van der Waals surface area contributed by atoms with Crippen LogP contribution in [0.1, 0.15) is 24.1 Å². The third kappa shape index (κ3) is 2.35. The Hall–Kier alpha value is -1.75. The summed E-state index contributed by atoms with van der Waals surface area (Å²) in [5, 5.41) is 0. The van der Waals surface area contributed by atoms with Crippen molar-refractivity contribution in [3.8, 4) is 0 Å². The van der Waals surface area contributed by atoms with Crippen LogP contribution in [0.4, 0.5) is 5.82 Å². The number of benzene rings is 1. The first-order valence-electron chi connectivity index (χ1n) is 7.18. The molecule has 1 heterocycles. The van der Waals surface area contributed by atoms with Crippen molar-refractivity contribution in [2.45, 2.75) is 43.0 Å². The van der Waals surface area contributed by atoms with E-state index >= 15 is 0 Å². The highest BCUT2D eigenvalue weighted by molar-refractivity contribution is 7.91. The summed E-state index contributed by atoms with van der Waals surface area (Å²) in [4.78, 5) is 0.565. The molecule has 1 fully saturated rings. The van der Waals surface area contributed by atoms with Gasteiger partial charge in [-0.2, -0.15) is 0 Å². The Balaban J connectivity index is 2.14. The van der Waals surface area contributed by atoms with Crippen LogP contribution in [0.5, 0.6) is 0 Å². The van der Waals surface area contributed by atoms with Crippen molar-refractivity contribution in [3.63, 3.8) is 0 Å². The summed E-state index contributed by atoms with van der Waals surface area (Å²) in [6.45, 7) is 4.60. The summed E-state index contributed by atoms with van der Waals surface area (Å²) in [6, 6.07) is 8.49. The minimum atomic E-state index is -3.56. The molecule has 4 nitrogen and oxygen atoms in total. The SMILES string of the molecule is Cc1c(S(=O)(=O)c2ccccc2)c(N)n(CC2CC2)c1C. The predicted octanol–water partition coefficient (Wildman–Crippen LogP) is 2.93. The number of hydrogen-bond donors (Lipinski definition) is 1. The second-order valence-corrected chi connectivity index (χ2v) is 7.68.